The van der Waals surface area contributed by atoms with E-state index in [1.807, 2.05) is 42.5 Å². The topological polar surface area (TPSA) is 110 Å². The third-order valence-electron chi connectivity index (χ3n) is 4.13. The molecule has 0 aliphatic heterocycles. The van der Waals surface area contributed by atoms with E-state index >= 15 is 0 Å². The summed E-state index contributed by atoms with van der Waals surface area (Å²) >= 11 is 0. The summed E-state index contributed by atoms with van der Waals surface area (Å²) < 4.78 is 5.45. The summed E-state index contributed by atoms with van der Waals surface area (Å²) in [4.78, 5) is 11.0. The number of aliphatic hydroxyl groups is 3. The molecule has 0 bridgehead atoms. The number of fused-ring (bicyclic) bond motifs is 1. The van der Waals surface area contributed by atoms with Crippen LogP contribution in [0, 0.1) is 0 Å². The van der Waals surface area contributed by atoms with Crippen LogP contribution in [-0.2, 0) is 16.1 Å². The molecule has 0 saturated carbocycles. The van der Waals surface area contributed by atoms with Crippen molar-refractivity contribution in [2.45, 2.75) is 30.8 Å². The van der Waals surface area contributed by atoms with Gasteiger partial charge in [-0.1, -0.05) is 36.4 Å². The first-order chi connectivity index (χ1) is 11.4. The standard InChI is InChI=1S/C18H18O6.Na/c19-14-8-18(23,17(21)22)9-15(16(14)20)24-10-11-5-6-12-3-1-2-4-13(12)7-11;/h1-7,9,14,16,19-20,23H,8,10H2,(H,21,22);/q;+1/p-1/t14-,16+,18-;/m1./s1. The van der Waals surface area contributed by atoms with Gasteiger partial charge in [0, 0.05) is 6.42 Å². The number of ether oxygens (including phenoxy) is 1. The summed E-state index contributed by atoms with van der Waals surface area (Å²) in [7, 11) is 0. The van der Waals surface area contributed by atoms with Crippen LogP contribution in [0.2, 0.25) is 0 Å². The first-order valence-electron chi connectivity index (χ1n) is 7.52. The van der Waals surface area contributed by atoms with E-state index in [1.165, 1.54) is 0 Å². The molecule has 2 aromatic rings. The van der Waals surface area contributed by atoms with Crippen LogP contribution >= 0.6 is 0 Å². The maximum absolute atomic E-state index is 11.0. The number of aliphatic carboxylic acids is 1. The average Bonchev–Trinajstić information content (AvgIpc) is 2.56. The summed E-state index contributed by atoms with van der Waals surface area (Å²) in [5.74, 6) is -1.94. The quantitative estimate of drug-likeness (QED) is 0.502. The monoisotopic (exact) mass is 352 g/mol. The molecular weight excluding hydrogens is 335 g/mol. The average molecular weight is 352 g/mol. The van der Waals surface area contributed by atoms with Crippen LogP contribution in [0.1, 0.15) is 12.0 Å². The van der Waals surface area contributed by atoms with Crippen LogP contribution in [0.5, 0.6) is 0 Å². The molecule has 1 aliphatic carbocycles. The summed E-state index contributed by atoms with van der Waals surface area (Å²) in [5, 5.41) is 42.8. The molecule has 0 unspecified atom stereocenters. The molecule has 0 heterocycles. The second-order valence-electron chi connectivity index (χ2n) is 5.94. The molecule has 126 valence electrons. The number of carbonyl (C=O) groups is 1. The molecule has 0 aromatic heterocycles. The number of carboxylic acids is 1. The molecule has 0 saturated heterocycles. The zero-order valence-corrected chi connectivity index (χ0v) is 15.8. The van der Waals surface area contributed by atoms with Gasteiger partial charge in [-0.25, -0.2) is 0 Å². The van der Waals surface area contributed by atoms with E-state index in [9.17, 15) is 25.2 Å². The first kappa shape index (κ1) is 19.9. The van der Waals surface area contributed by atoms with Gasteiger partial charge in [0.15, 0.2) is 0 Å². The Morgan fingerprint density at radius 3 is 2.56 bits per heavy atom. The fourth-order valence-corrected chi connectivity index (χ4v) is 2.76. The number of carbonyl (C=O) groups excluding carboxylic acids is 1. The zero-order chi connectivity index (χ0) is 17.3. The van der Waals surface area contributed by atoms with E-state index in [2.05, 4.69) is 0 Å². The van der Waals surface area contributed by atoms with Crippen molar-refractivity contribution in [2.75, 3.05) is 0 Å². The summed E-state index contributed by atoms with van der Waals surface area (Å²) in [6, 6.07) is 13.5. The van der Waals surface area contributed by atoms with E-state index in [0.29, 0.717) is 0 Å². The number of rotatable bonds is 4. The second kappa shape index (κ2) is 7.86. The third-order valence-corrected chi connectivity index (χ3v) is 4.13. The SMILES string of the molecule is O=C([O-])[C@]1(O)C=C(OCc2ccc3ccccc3c2)[C@@H](O)[C@H](O)C1.[Na+]. The van der Waals surface area contributed by atoms with Gasteiger partial charge < -0.3 is 30.0 Å². The Kier molecular flexibility index (Phi) is 6.26. The Bertz CT molecular complexity index is 805. The molecule has 25 heavy (non-hydrogen) atoms. The van der Waals surface area contributed by atoms with Gasteiger partial charge in [0.05, 0.1) is 12.1 Å². The summed E-state index contributed by atoms with van der Waals surface area (Å²) in [6.45, 7) is 0.0591. The van der Waals surface area contributed by atoms with Crippen molar-refractivity contribution < 1.29 is 59.5 Å². The number of aliphatic hydroxyl groups excluding tert-OH is 2. The molecule has 7 heteroatoms. The van der Waals surface area contributed by atoms with Gasteiger partial charge in [-0.2, -0.15) is 0 Å². The Hall–Kier alpha value is -1.41. The molecule has 0 spiro atoms. The van der Waals surface area contributed by atoms with Gasteiger partial charge in [-0.05, 0) is 28.5 Å². The Morgan fingerprint density at radius 1 is 1.20 bits per heavy atom. The predicted molar refractivity (Wildman–Crippen MR) is 83.4 cm³/mol. The van der Waals surface area contributed by atoms with E-state index in [1.54, 1.807) is 0 Å². The van der Waals surface area contributed by atoms with Crippen molar-refractivity contribution >= 4 is 16.7 Å². The van der Waals surface area contributed by atoms with Gasteiger partial charge in [0.2, 0.25) is 0 Å². The van der Waals surface area contributed by atoms with Crippen molar-refractivity contribution in [2.24, 2.45) is 0 Å². The molecule has 0 amide bonds. The van der Waals surface area contributed by atoms with Gasteiger partial charge in [-0.3, -0.25) is 0 Å². The summed E-state index contributed by atoms with van der Waals surface area (Å²) in [5.41, 5.74) is -1.56. The largest absolute Gasteiger partial charge is 1.00 e. The molecule has 3 rings (SSSR count). The maximum Gasteiger partial charge on any atom is 1.00 e. The van der Waals surface area contributed by atoms with Crippen LogP contribution in [0.15, 0.2) is 54.3 Å². The van der Waals surface area contributed by atoms with E-state index in [-0.39, 0.29) is 41.9 Å². The number of hydrogen-bond acceptors (Lipinski definition) is 6. The van der Waals surface area contributed by atoms with Crippen molar-refractivity contribution in [3.05, 3.63) is 59.9 Å². The van der Waals surface area contributed by atoms with Crippen LogP contribution in [0.4, 0.5) is 0 Å². The molecular formula is C18H17NaO6. The zero-order valence-electron chi connectivity index (χ0n) is 13.8. The van der Waals surface area contributed by atoms with E-state index in [4.69, 9.17) is 4.74 Å². The second-order valence-corrected chi connectivity index (χ2v) is 5.94. The van der Waals surface area contributed by atoms with Gasteiger partial charge >= 0.3 is 29.6 Å². The van der Waals surface area contributed by atoms with Crippen molar-refractivity contribution in [1.29, 1.82) is 0 Å². The van der Waals surface area contributed by atoms with Crippen LogP contribution in [0.25, 0.3) is 10.8 Å². The molecule has 0 fully saturated rings. The maximum atomic E-state index is 11.0. The van der Waals surface area contributed by atoms with Gasteiger partial charge in [0.25, 0.3) is 0 Å². The molecule has 3 N–H and O–H groups in total. The van der Waals surface area contributed by atoms with Gasteiger partial charge in [-0.15, -0.1) is 0 Å². The number of hydrogen-bond donors (Lipinski definition) is 3. The van der Waals surface area contributed by atoms with Crippen molar-refractivity contribution in [3.63, 3.8) is 0 Å². The minimum atomic E-state index is -2.36. The minimum Gasteiger partial charge on any atom is -0.547 e. The smallest absolute Gasteiger partial charge is 0.547 e. The van der Waals surface area contributed by atoms with E-state index < -0.39 is 30.2 Å². The minimum absolute atomic E-state index is 0. The first-order valence-corrected chi connectivity index (χ1v) is 7.52. The van der Waals surface area contributed by atoms with Gasteiger partial charge in [0.1, 0.15) is 24.1 Å². The molecule has 0 radical (unpaired) electrons. The number of benzene rings is 2. The van der Waals surface area contributed by atoms with E-state index in [0.717, 1.165) is 22.4 Å². The fraction of sp³-hybridized carbons (Fsp3) is 0.278. The summed E-state index contributed by atoms with van der Waals surface area (Å²) in [6.07, 6.45) is -2.52. The van der Waals surface area contributed by atoms with Crippen molar-refractivity contribution in [1.82, 2.24) is 0 Å². The number of carboxylic acid groups (broad SMARTS) is 1. The molecule has 2 aromatic carbocycles. The van der Waals surface area contributed by atoms with Crippen LogP contribution in [-0.4, -0.2) is 39.1 Å². The Labute approximate surface area is 166 Å². The Balaban J connectivity index is 0.00000225. The Morgan fingerprint density at radius 2 is 1.88 bits per heavy atom. The van der Waals surface area contributed by atoms with Crippen LogP contribution < -0.4 is 34.7 Å². The predicted octanol–water partition coefficient (Wildman–Crippen LogP) is -3.15. The normalized spacial score (nSPS) is 25.8. The fourth-order valence-electron chi connectivity index (χ4n) is 2.76. The molecule has 3 atom stereocenters. The molecule has 6 nitrogen and oxygen atoms in total. The third kappa shape index (κ3) is 4.23. The van der Waals surface area contributed by atoms with Crippen LogP contribution in [0.3, 0.4) is 0 Å². The van der Waals surface area contributed by atoms with Crippen molar-refractivity contribution in [3.8, 4) is 0 Å². The molecule has 1 aliphatic rings.